The molecule has 39 heavy (non-hydrogen) atoms. The number of para-hydroxylation sites is 1. The number of amides is 3. The molecule has 2 heterocycles. The minimum absolute atomic E-state index is 0.0149. The van der Waals surface area contributed by atoms with Gasteiger partial charge in [-0.2, -0.15) is 12.6 Å². The molecule has 1 aliphatic rings. The minimum Gasteiger partial charge on any atom is -0.480 e. The van der Waals surface area contributed by atoms with E-state index in [-0.39, 0.29) is 18.6 Å². The number of aliphatic carboxylic acids is 1. The van der Waals surface area contributed by atoms with E-state index in [1.54, 1.807) is 24.3 Å². The van der Waals surface area contributed by atoms with Crippen molar-refractivity contribution in [1.82, 2.24) is 20.5 Å². The number of benzene rings is 2. The van der Waals surface area contributed by atoms with Gasteiger partial charge in [0.15, 0.2) is 0 Å². The first-order valence-corrected chi connectivity index (χ1v) is 13.5. The van der Waals surface area contributed by atoms with E-state index in [9.17, 15) is 24.3 Å². The third-order valence-electron chi connectivity index (χ3n) is 6.98. The second-order valence-corrected chi connectivity index (χ2v) is 10.1. The number of H-pyrrole nitrogens is 1. The molecule has 4 atom stereocenters. The zero-order chi connectivity index (χ0) is 27.9. The van der Waals surface area contributed by atoms with E-state index in [1.165, 1.54) is 4.90 Å². The van der Waals surface area contributed by atoms with Crippen LogP contribution in [-0.4, -0.2) is 75.1 Å². The third-order valence-corrected chi connectivity index (χ3v) is 7.35. The van der Waals surface area contributed by atoms with Crippen molar-refractivity contribution < 1.29 is 24.3 Å². The molecule has 4 rings (SSSR count). The summed E-state index contributed by atoms with van der Waals surface area (Å²) in [5.74, 6) is -2.63. The maximum Gasteiger partial charge on any atom is 0.326 e. The fourth-order valence-corrected chi connectivity index (χ4v) is 5.16. The molecular weight excluding hydrogens is 518 g/mol. The van der Waals surface area contributed by atoms with Crippen LogP contribution in [0.15, 0.2) is 60.8 Å². The number of nitrogens with one attached hydrogen (secondary N) is 3. The average molecular weight is 552 g/mol. The Morgan fingerprint density at radius 1 is 1.03 bits per heavy atom. The van der Waals surface area contributed by atoms with E-state index >= 15 is 0 Å². The van der Waals surface area contributed by atoms with Gasteiger partial charge in [-0.1, -0.05) is 48.5 Å². The number of aromatic nitrogens is 1. The summed E-state index contributed by atoms with van der Waals surface area (Å²) in [6.45, 7) is 0.314. The number of hydrogen-bond donors (Lipinski definition) is 6. The molecule has 11 heteroatoms. The largest absolute Gasteiger partial charge is 0.480 e. The summed E-state index contributed by atoms with van der Waals surface area (Å²) in [4.78, 5) is 55.7. The molecule has 10 nitrogen and oxygen atoms in total. The van der Waals surface area contributed by atoms with Crippen molar-refractivity contribution in [2.75, 3.05) is 12.3 Å². The van der Waals surface area contributed by atoms with Gasteiger partial charge in [-0.3, -0.25) is 14.4 Å². The van der Waals surface area contributed by atoms with Crippen LogP contribution in [0.3, 0.4) is 0 Å². The molecule has 1 aromatic heterocycles. The lowest BCUT2D eigenvalue weighted by molar-refractivity contribution is -0.144. The van der Waals surface area contributed by atoms with Gasteiger partial charge in [0.1, 0.15) is 18.1 Å². The quantitative estimate of drug-likeness (QED) is 0.197. The number of likely N-dealkylation sites (tertiary alicyclic amines) is 1. The van der Waals surface area contributed by atoms with Crippen molar-refractivity contribution in [1.29, 1.82) is 0 Å². The number of nitrogens with zero attached hydrogens (tertiary/aromatic N) is 1. The first-order chi connectivity index (χ1) is 18.8. The van der Waals surface area contributed by atoms with E-state index < -0.39 is 47.9 Å². The summed E-state index contributed by atoms with van der Waals surface area (Å²) in [5, 5.41) is 15.9. The fraction of sp³-hybridized carbons (Fsp3) is 0.357. The van der Waals surface area contributed by atoms with Gasteiger partial charge in [0, 0.05) is 35.8 Å². The van der Waals surface area contributed by atoms with Crippen LogP contribution < -0.4 is 16.4 Å². The molecule has 2 aromatic carbocycles. The third kappa shape index (κ3) is 6.79. The first-order valence-electron chi connectivity index (χ1n) is 12.9. The van der Waals surface area contributed by atoms with Gasteiger partial charge >= 0.3 is 5.97 Å². The van der Waals surface area contributed by atoms with Crippen LogP contribution in [0.1, 0.15) is 24.0 Å². The van der Waals surface area contributed by atoms with Crippen molar-refractivity contribution in [2.24, 2.45) is 5.73 Å². The number of hydrogen-bond acceptors (Lipinski definition) is 6. The first kappa shape index (κ1) is 28.2. The Balaban J connectivity index is 1.37. The smallest absolute Gasteiger partial charge is 0.326 e. The standard InChI is InChI=1S/C28H33N5O5S/c29-20(14-18-15-30-21-10-5-4-9-19(18)21)25(34)32-23(16-39)27(36)33-12-6-11-24(33)26(35)31-22(28(37)38)13-17-7-2-1-3-8-17/h1-5,7-10,15,20,22-24,30,39H,6,11-14,16,29H2,(H,31,35)(H,32,34)(H,37,38). The molecule has 3 amide bonds. The van der Waals surface area contributed by atoms with E-state index in [1.807, 2.05) is 36.5 Å². The van der Waals surface area contributed by atoms with Crippen molar-refractivity contribution >= 4 is 47.2 Å². The molecule has 0 aliphatic carbocycles. The summed E-state index contributed by atoms with van der Waals surface area (Å²) in [7, 11) is 0. The Labute approximate surface area is 231 Å². The number of fused-ring (bicyclic) bond motifs is 1. The fourth-order valence-electron chi connectivity index (χ4n) is 4.92. The Bertz CT molecular complexity index is 1330. The van der Waals surface area contributed by atoms with Crippen LogP contribution in [0.25, 0.3) is 10.9 Å². The average Bonchev–Trinajstić information content (AvgIpc) is 3.59. The predicted octanol–water partition coefficient (Wildman–Crippen LogP) is 1.26. The number of carbonyl (C=O) groups excluding carboxylic acids is 3. The zero-order valence-electron chi connectivity index (χ0n) is 21.4. The number of rotatable bonds is 11. The number of carboxylic acid groups (broad SMARTS) is 1. The van der Waals surface area contributed by atoms with Crippen molar-refractivity contribution in [3.63, 3.8) is 0 Å². The maximum absolute atomic E-state index is 13.4. The van der Waals surface area contributed by atoms with E-state index in [4.69, 9.17) is 5.73 Å². The van der Waals surface area contributed by atoms with Gasteiger partial charge < -0.3 is 31.4 Å². The molecule has 1 aliphatic heterocycles. The lowest BCUT2D eigenvalue weighted by Crippen LogP contribution is -2.57. The zero-order valence-corrected chi connectivity index (χ0v) is 22.3. The van der Waals surface area contributed by atoms with E-state index in [0.717, 1.165) is 22.0 Å². The summed E-state index contributed by atoms with van der Waals surface area (Å²) >= 11 is 4.26. The Morgan fingerprint density at radius 2 is 1.74 bits per heavy atom. The van der Waals surface area contributed by atoms with Crippen LogP contribution in [-0.2, 0) is 32.0 Å². The molecule has 0 bridgehead atoms. The van der Waals surface area contributed by atoms with Gasteiger partial charge in [-0.05, 0) is 36.5 Å². The highest BCUT2D eigenvalue weighted by molar-refractivity contribution is 7.80. The number of carboxylic acids is 1. The molecule has 206 valence electrons. The minimum atomic E-state index is -1.16. The molecule has 3 aromatic rings. The number of nitrogens with two attached hydrogens (primary N) is 1. The summed E-state index contributed by atoms with van der Waals surface area (Å²) in [6, 6.07) is 12.8. The molecular formula is C28H33N5O5S. The molecule has 0 radical (unpaired) electrons. The number of thiol groups is 1. The van der Waals surface area contributed by atoms with E-state index in [2.05, 4.69) is 28.2 Å². The van der Waals surface area contributed by atoms with Gasteiger partial charge in [-0.15, -0.1) is 0 Å². The van der Waals surface area contributed by atoms with Crippen molar-refractivity contribution in [2.45, 2.75) is 49.9 Å². The predicted molar refractivity (Wildman–Crippen MR) is 150 cm³/mol. The van der Waals surface area contributed by atoms with Crippen LogP contribution in [0, 0.1) is 0 Å². The summed E-state index contributed by atoms with van der Waals surface area (Å²) in [5.41, 5.74) is 8.78. The van der Waals surface area contributed by atoms with Crippen LogP contribution in [0.2, 0.25) is 0 Å². The lowest BCUT2D eigenvalue weighted by atomic mass is 10.0. The van der Waals surface area contributed by atoms with Crippen molar-refractivity contribution in [3.05, 3.63) is 71.9 Å². The highest BCUT2D eigenvalue weighted by Gasteiger charge is 2.38. The molecule has 6 N–H and O–H groups in total. The van der Waals surface area contributed by atoms with Crippen LogP contribution in [0.5, 0.6) is 0 Å². The van der Waals surface area contributed by atoms with Crippen LogP contribution in [0.4, 0.5) is 0 Å². The molecule has 0 saturated carbocycles. The molecule has 1 saturated heterocycles. The number of carbonyl (C=O) groups is 4. The van der Waals surface area contributed by atoms with E-state index in [0.29, 0.717) is 19.4 Å². The SMILES string of the molecule is NC(Cc1c[nH]c2ccccc12)C(=O)NC(CS)C(=O)N1CCCC1C(=O)NC(Cc1ccccc1)C(=O)O. The molecule has 4 unspecified atom stereocenters. The molecule has 0 spiro atoms. The van der Waals surface area contributed by atoms with Crippen molar-refractivity contribution in [3.8, 4) is 0 Å². The Kier molecular flexibility index (Phi) is 9.26. The monoisotopic (exact) mass is 551 g/mol. The van der Waals surface area contributed by atoms with Gasteiger partial charge in [0.25, 0.3) is 0 Å². The maximum atomic E-state index is 13.4. The number of aromatic amines is 1. The summed E-state index contributed by atoms with van der Waals surface area (Å²) in [6.07, 6.45) is 3.17. The van der Waals surface area contributed by atoms with Crippen LogP contribution >= 0.6 is 12.6 Å². The highest BCUT2D eigenvalue weighted by Crippen LogP contribution is 2.21. The Morgan fingerprint density at radius 3 is 2.46 bits per heavy atom. The van der Waals surface area contributed by atoms with Gasteiger partial charge in [0.2, 0.25) is 17.7 Å². The van der Waals surface area contributed by atoms with Gasteiger partial charge in [0.05, 0.1) is 6.04 Å². The lowest BCUT2D eigenvalue weighted by Gasteiger charge is -2.29. The second-order valence-electron chi connectivity index (χ2n) is 9.69. The topological polar surface area (TPSA) is 158 Å². The van der Waals surface area contributed by atoms with Gasteiger partial charge in [-0.25, -0.2) is 4.79 Å². The highest BCUT2D eigenvalue weighted by atomic mass is 32.1. The Hall–Kier alpha value is -3.83. The molecule has 1 fully saturated rings. The normalized spacial score (nSPS) is 17.4. The second kappa shape index (κ2) is 12.8. The summed E-state index contributed by atoms with van der Waals surface area (Å²) < 4.78 is 0.